The summed E-state index contributed by atoms with van der Waals surface area (Å²) >= 11 is 1.47. The molecule has 3 heterocycles. The SMILES string of the molecule is CC1CCNC1C(=O)N1CCN(C(=O)c2cccs2)CC1. The lowest BCUT2D eigenvalue weighted by Gasteiger charge is -2.36. The van der Waals surface area contributed by atoms with Gasteiger partial charge in [-0.2, -0.15) is 0 Å². The largest absolute Gasteiger partial charge is 0.338 e. The molecule has 2 amide bonds. The molecule has 0 radical (unpaired) electrons. The molecule has 2 aliphatic rings. The van der Waals surface area contributed by atoms with Gasteiger partial charge in [-0.1, -0.05) is 13.0 Å². The molecule has 2 saturated heterocycles. The highest BCUT2D eigenvalue weighted by Crippen LogP contribution is 2.18. The van der Waals surface area contributed by atoms with Gasteiger partial charge in [-0.25, -0.2) is 0 Å². The molecule has 3 rings (SSSR count). The lowest BCUT2D eigenvalue weighted by molar-refractivity contribution is -0.135. The van der Waals surface area contributed by atoms with Crippen LogP contribution in [0.15, 0.2) is 17.5 Å². The predicted octanol–water partition coefficient (Wildman–Crippen LogP) is 1.03. The van der Waals surface area contributed by atoms with E-state index >= 15 is 0 Å². The monoisotopic (exact) mass is 307 g/mol. The molecule has 0 spiro atoms. The summed E-state index contributed by atoms with van der Waals surface area (Å²) in [6.07, 6.45) is 1.06. The fourth-order valence-corrected chi connectivity index (χ4v) is 3.74. The number of piperazine rings is 1. The first-order valence-electron chi connectivity index (χ1n) is 7.52. The molecule has 1 N–H and O–H groups in total. The first kappa shape index (κ1) is 14.5. The van der Waals surface area contributed by atoms with Crippen molar-refractivity contribution in [3.63, 3.8) is 0 Å². The van der Waals surface area contributed by atoms with Crippen LogP contribution in [0.3, 0.4) is 0 Å². The van der Waals surface area contributed by atoms with Gasteiger partial charge in [-0.05, 0) is 30.3 Å². The van der Waals surface area contributed by atoms with Crippen LogP contribution in [0.25, 0.3) is 0 Å². The summed E-state index contributed by atoms with van der Waals surface area (Å²) in [5.74, 6) is 0.691. The van der Waals surface area contributed by atoms with Crippen LogP contribution in [0, 0.1) is 5.92 Å². The number of carbonyl (C=O) groups excluding carboxylic acids is 2. The van der Waals surface area contributed by atoms with E-state index in [9.17, 15) is 9.59 Å². The van der Waals surface area contributed by atoms with Crippen LogP contribution >= 0.6 is 11.3 Å². The molecule has 0 bridgehead atoms. The van der Waals surface area contributed by atoms with Gasteiger partial charge in [0.15, 0.2) is 0 Å². The Labute approximate surface area is 128 Å². The lowest BCUT2D eigenvalue weighted by Crippen LogP contribution is -2.55. The van der Waals surface area contributed by atoms with E-state index in [0.29, 0.717) is 32.1 Å². The first-order chi connectivity index (χ1) is 10.2. The predicted molar refractivity (Wildman–Crippen MR) is 82.4 cm³/mol. The third-order valence-corrected chi connectivity index (χ3v) is 5.27. The highest BCUT2D eigenvalue weighted by Gasteiger charge is 2.34. The maximum Gasteiger partial charge on any atom is 0.264 e. The zero-order valence-corrected chi connectivity index (χ0v) is 13.1. The van der Waals surface area contributed by atoms with Crippen LogP contribution in [-0.4, -0.2) is 60.4 Å². The molecule has 2 atom stereocenters. The van der Waals surface area contributed by atoms with E-state index in [0.717, 1.165) is 17.8 Å². The van der Waals surface area contributed by atoms with Crippen LogP contribution in [0.4, 0.5) is 0 Å². The van der Waals surface area contributed by atoms with Crippen LogP contribution in [0.1, 0.15) is 23.0 Å². The Morgan fingerprint density at radius 2 is 1.95 bits per heavy atom. The Morgan fingerprint density at radius 1 is 1.24 bits per heavy atom. The molecule has 6 heteroatoms. The lowest BCUT2D eigenvalue weighted by atomic mass is 10.0. The van der Waals surface area contributed by atoms with Crippen LogP contribution in [-0.2, 0) is 4.79 Å². The minimum absolute atomic E-state index is 0.0375. The molecular formula is C15H21N3O2S. The number of thiophene rings is 1. The number of amides is 2. The van der Waals surface area contributed by atoms with Crippen molar-refractivity contribution < 1.29 is 9.59 Å². The molecule has 2 fully saturated rings. The van der Waals surface area contributed by atoms with E-state index in [1.807, 2.05) is 27.3 Å². The molecule has 5 nitrogen and oxygen atoms in total. The Balaban J connectivity index is 1.55. The van der Waals surface area contributed by atoms with Crippen molar-refractivity contribution in [2.24, 2.45) is 5.92 Å². The molecule has 21 heavy (non-hydrogen) atoms. The highest BCUT2D eigenvalue weighted by atomic mass is 32.1. The summed E-state index contributed by atoms with van der Waals surface area (Å²) in [6, 6.07) is 3.71. The summed E-state index contributed by atoms with van der Waals surface area (Å²) < 4.78 is 0. The van der Waals surface area contributed by atoms with Crippen LogP contribution < -0.4 is 5.32 Å². The molecule has 1 aromatic rings. The number of carbonyl (C=O) groups is 2. The second-order valence-electron chi connectivity index (χ2n) is 5.79. The van der Waals surface area contributed by atoms with E-state index < -0.39 is 0 Å². The van der Waals surface area contributed by atoms with Crippen molar-refractivity contribution in [3.8, 4) is 0 Å². The Hall–Kier alpha value is -1.40. The minimum Gasteiger partial charge on any atom is -0.338 e. The zero-order chi connectivity index (χ0) is 14.8. The molecule has 0 aromatic carbocycles. The highest BCUT2D eigenvalue weighted by molar-refractivity contribution is 7.12. The number of hydrogen-bond donors (Lipinski definition) is 1. The molecule has 1 aromatic heterocycles. The number of nitrogens with one attached hydrogen (secondary N) is 1. The fraction of sp³-hybridized carbons (Fsp3) is 0.600. The van der Waals surface area contributed by atoms with E-state index in [-0.39, 0.29) is 17.9 Å². The smallest absolute Gasteiger partial charge is 0.264 e. The molecule has 2 unspecified atom stereocenters. The van der Waals surface area contributed by atoms with Gasteiger partial charge in [0, 0.05) is 26.2 Å². The van der Waals surface area contributed by atoms with Gasteiger partial charge in [0.2, 0.25) is 5.91 Å². The Morgan fingerprint density at radius 3 is 2.52 bits per heavy atom. The van der Waals surface area contributed by atoms with Gasteiger partial charge in [0.1, 0.15) is 0 Å². The summed E-state index contributed by atoms with van der Waals surface area (Å²) in [5, 5.41) is 5.21. The summed E-state index contributed by atoms with van der Waals surface area (Å²) in [7, 11) is 0. The van der Waals surface area contributed by atoms with Gasteiger partial charge < -0.3 is 15.1 Å². The zero-order valence-electron chi connectivity index (χ0n) is 12.2. The molecular weight excluding hydrogens is 286 g/mol. The van der Waals surface area contributed by atoms with Gasteiger partial charge in [-0.3, -0.25) is 9.59 Å². The topological polar surface area (TPSA) is 52.7 Å². The maximum absolute atomic E-state index is 12.5. The third kappa shape index (κ3) is 2.96. The fourth-order valence-electron chi connectivity index (χ4n) is 3.05. The van der Waals surface area contributed by atoms with E-state index in [2.05, 4.69) is 12.2 Å². The average molecular weight is 307 g/mol. The second-order valence-corrected chi connectivity index (χ2v) is 6.74. The van der Waals surface area contributed by atoms with E-state index in [1.54, 1.807) is 0 Å². The molecule has 0 saturated carbocycles. The average Bonchev–Trinajstić information content (AvgIpc) is 3.17. The van der Waals surface area contributed by atoms with Crippen LogP contribution in [0.2, 0.25) is 0 Å². The van der Waals surface area contributed by atoms with Crippen molar-refractivity contribution in [2.75, 3.05) is 32.7 Å². The second kappa shape index (κ2) is 6.15. The normalized spacial score (nSPS) is 26.1. The Bertz CT molecular complexity index is 509. The minimum atomic E-state index is -0.0375. The first-order valence-corrected chi connectivity index (χ1v) is 8.40. The van der Waals surface area contributed by atoms with Crippen LogP contribution in [0.5, 0.6) is 0 Å². The summed E-state index contributed by atoms with van der Waals surface area (Å²) in [5.41, 5.74) is 0. The van der Waals surface area contributed by atoms with Gasteiger partial charge >= 0.3 is 0 Å². The van der Waals surface area contributed by atoms with Crippen molar-refractivity contribution >= 4 is 23.2 Å². The summed E-state index contributed by atoms with van der Waals surface area (Å²) in [6.45, 7) is 5.59. The number of rotatable bonds is 2. The molecule has 2 aliphatic heterocycles. The molecule has 0 aliphatic carbocycles. The maximum atomic E-state index is 12.5. The number of nitrogens with zero attached hydrogens (tertiary/aromatic N) is 2. The standard InChI is InChI=1S/C15H21N3O2S/c1-11-4-5-16-13(11)15(20)18-8-6-17(7-9-18)14(19)12-3-2-10-21-12/h2-3,10-11,13,16H,4-9H2,1H3. The van der Waals surface area contributed by atoms with Crippen molar-refractivity contribution in [1.82, 2.24) is 15.1 Å². The van der Waals surface area contributed by atoms with E-state index in [4.69, 9.17) is 0 Å². The van der Waals surface area contributed by atoms with Crippen molar-refractivity contribution in [2.45, 2.75) is 19.4 Å². The van der Waals surface area contributed by atoms with E-state index in [1.165, 1.54) is 11.3 Å². The van der Waals surface area contributed by atoms with Gasteiger partial charge in [0.05, 0.1) is 10.9 Å². The third-order valence-electron chi connectivity index (χ3n) is 4.41. The van der Waals surface area contributed by atoms with Crippen molar-refractivity contribution in [1.29, 1.82) is 0 Å². The van der Waals surface area contributed by atoms with Gasteiger partial charge in [0.25, 0.3) is 5.91 Å². The molecule has 114 valence electrons. The Kier molecular flexibility index (Phi) is 4.26. The summed E-state index contributed by atoms with van der Waals surface area (Å²) in [4.78, 5) is 29.3. The number of hydrogen-bond acceptors (Lipinski definition) is 4. The van der Waals surface area contributed by atoms with Gasteiger partial charge in [-0.15, -0.1) is 11.3 Å². The van der Waals surface area contributed by atoms with Crippen molar-refractivity contribution in [3.05, 3.63) is 22.4 Å². The quantitative estimate of drug-likeness (QED) is 0.888.